The molecule has 0 radical (unpaired) electrons. The SMILES string of the molecule is CC(C)C(CCCC(=O)O)c1cc(F)ccc1F. The van der Waals surface area contributed by atoms with Crippen LogP contribution in [0.25, 0.3) is 0 Å². The van der Waals surface area contributed by atoms with Crippen molar-refractivity contribution in [1.29, 1.82) is 0 Å². The van der Waals surface area contributed by atoms with Crippen molar-refractivity contribution >= 4 is 5.97 Å². The lowest BCUT2D eigenvalue weighted by Crippen LogP contribution is -2.10. The third kappa shape index (κ3) is 4.09. The first-order chi connectivity index (χ1) is 8.41. The molecule has 0 bridgehead atoms. The average Bonchev–Trinajstić information content (AvgIpc) is 2.27. The predicted molar refractivity (Wildman–Crippen MR) is 65.4 cm³/mol. The Balaban J connectivity index is 2.83. The summed E-state index contributed by atoms with van der Waals surface area (Å²) in [4.78, 5) is 10.5. The molecule has 0 fully saturated rings. The molecule has 0 saturated heterocycles. The number of benzene rings is 1. The van der Waals surface area contributed by atoms with Crippen LogP contribution in [0.1, 0.15) is 44.6 Å². The Bertz CT molecular complexity index is 416. The maximum atomic E-state index is 13.7. The van der Waals surface area contributed by atoms with E-state index in [0.29, 0.717) is 18.4 Å². The van der Waals surface area contributed by atoms with E-state index in [1.807, 2.05) is 13.8 Å². The monoisotopic (exact) mass is 256 g/mol. The van der Waals surface area contributed by atoms with Gasteiger partial charge in [0.25, 0.3) is 0 Å². The van der Waals surface area contributed by atoms with E-state index in [-0.39, 0.29) is 18.3 Å². The Labute approximate surface area is 106 Å². The van der Waals surface area contributed by atoms with Crippen LogP contribution >= 0.6 is 0 Å². The van der Waals surface area contributed by atoms with E-state index < -0.39 is 17.6 Å². The minimum Gasteiger partial charge on any atom is -0.481 e. The second kappa shape index (κ2) is 6.47. The summed E-state index contributed by atoms with van der Waals surface area (Å²) in [5, 5.41) is 8.60. The van der Waals surface area contributed by atoms with E-state index in [2.05, 4.69) is 0 Å². The molecule has 0 aliphatic heterocycles. The van der Waals surface area contributed by atoms with Crippen molar-refractivity contribution in [3.63, 3.8) is 0 Å². The van der Waals surface area contributed by atoms with Crippen LogP contribution in [-0.4, -0.2) is 11.1 Å². The molecule has 1 aromatic carbocycles. The number of aliphatic carboxylic acids is 1. The number of halogens is 2. The molecule has 0 amide bonds. The molecule has 100 valence electrons. The number of carboxylic acid groups (broad SMARTS) is 1. The van der Waals surface area contributed by atoms with Crippen LogP contribution < -0.4 is 0 Å². The second-order valence-corrected chi connectivity index (χ2v) is 4.80. The van der Waals surface area contributed by atoms with Gasteiger partial charge in [0.15, 0.2) is 0 Å². The van der Waals surface area contributed by atoms with Gasteiger partial charge in [-0.1, -0.05) is 13.8 Å². The van der Waals surface area contributed by atoms with Gasteiger partial charge < -0.3 is 5.11 Å². The van der Waals surface area contributed by atoms with Gasteiger partial charge in [-0.15, -0.1) is 0 Å². The van der Waals surface area contributed by atoms with E-state index >= 15 is 0 Å². The summed E-state index contributed by atoms with van der Waals surface area (Å²) in [6.45, 7) is 3.85. The summed E-state index contributed by atoms with van der Waals surface area (Å²) in [5.41, 5.74) is 0.343. The van der Waals surface area contributed by atoms with Crippen molar-refractivity contribution in [2.75, 3.05) is 0 Å². The maximum Gasteiger partial charge on any atom is 0.303 e. The van der Waals surface area contributed by atoms with Crippen LogP contribution in [0, 0.1) is 17.6 Å². The number of hydrogen-bond acceptors (Lipinski definition) is 1. The second-order valence-electron chi connectivity index (χ2n) is 4.80. The van der Waals surface area contributed by atoms with Gasteiger partial charge in [-0.25, -0.2) is 8.78 Å². The lowest BCUT2D eigenvalue weighted by molar-refractivity contribution is -0.137. The van der Waals surface area contributed by atoms with E-state index in [4.69, 9.17) is 5.11 Å². The Morgan fingerprint density at radius 1 is 1.33 bits per heavy atom. The quantitative estimate of drug-likeness (QED) is 0.836. The first-order valence-electron chi connectivity index (χ1n) is 6.08. The molecule has 0 aliphatic carbocycles. The first kappa shape index (κ1) is 14.6. The highest BCUT2D eigenvalue weighted by Crippen LogP contribution is 2.31. The summed E-state index contributed by atoms with van der Waals surface area (Å²) in [5.74, 6) is -1.77. The van der Waals surface area contributed by atoms with Gasteiger partial charge in [0.1, 0.15) is 11.6 Å². The van der Waals surface area contributed by atoms with Gasteiger partial charge in [-0.2, -0.15) is 0 Å². The minimum absolute atomic E-state index is 0.0557. The summed E-state index contributed by atoms with van der Waals surface area (Å²) >= 11 is 0. The molecule has 4 heteroatoms. The Kier molecular flexibility index (Phi) is 5.25. The lowest BCUT2D eigenvalue weighted by Gasteiger charge is -2.21. The third-order valence-corrected chi connectivity index (χ3v) is 3.07. The van der Waals surface area contributed by atoms with Crippen molar-refractivity contribution in [3.05, 3.63) is 35.4 Å². The smallest absolute Gasteiger partial charge is 0.303 e. The fourth-order valence-electron chi connectivity index (χ4n) is 2.12. The van der Waals surface area contributed by atoms with Crippen LogP contribution in [0.15, 0.2) is 18.2 Å². The summed E-state index contributed by atoms with van der Waals surface area (Å²) in [6.07, 6.45) is 1.07. The van der Waals surface area contributed by atoms with Crippen LogP contribution in [0.5, 0.6) is 0 Å². The zero-order valence-electron chi connectivity index (χ0n) is 10.6. The minimum atomic E-state index is -0.864. The molecule has 18 heavy (non-hydrogen) atoms. The molecule has 1 atom stereocenters. The Hall–Kier alpha value is -1.45. The topological polar surface area (TPSA) is 37.3 Å². The zero-order valence-corrected chi connectivity index (χ0v) is 10.6. The van der Waals surface area contributed by atoms with Crippen LogP contribution in [0.4, 0.5) is 8.78 Å². The number of carboxylic acids is 1. The lowest BCUT2D eigenvalue weighted by atomic mass is 9.84. The normalized spacial score (nSPS) is 12.7. The maximum absolute atomic E-state index is 13.7. The Morgan fingerprint density at radius 2 is 2.00 bits per heavy atom. The zero-order chi connectivity index (χ0) is 13.7. The molecular formula is C14H18F2O2. The number of rotatable bonds is 6. The van der Waals surface area contributed by atoms with Gasteiger partial charge in [-0.3, -0.25) is 4.79 Å². The molecule has 1 unspecified atom stereocenters. The van der Waals surface area contributed by atoms with Crippen LogP contribution in [-0.2, 0) is 4.79 Å². The van der Waals surface area contributed by atoms with Crippen molar-refractivity contribution < 1.29 is 18.7 Å². The first-order valence-corrected chi connectivity index (χ1v) is 6.08. The van der Waals surface area contributed by atoms with Gasteiger partial charge in [0.2, 0.25) is 0 Å². The molecule has 0 heterocycles. The van der Waals surface area contributed by atoms with Crippen molar-refractivity contribution in [2.24, 2.45) is 5.92 Å². The van der Waals surface area contributed by atoms with Crippen molar-refractivity contribution in [3.8, 4) is 0 Å². The largest absolute Gasteiger partial charge is 0.481 e. The van der Waals surface area contributed by atoms with Gasteiger partial charge in [0, 0.05) is 6.42 Å². The number of hydrogen-bond donors (Lipinski definition) is 1. The van der Waals surface area contributed by atoms with E-state index in [1.165, 1.54) is 6.07 Å². The molecule has 1 aromatic rings. The molecular weight excluding hydrogens is 238 g/mol. The Morgan fingerprint density at radius 3 is 2.56 bits per heavy atom. The number of carbonyl (C=O) groups is 1. The molecule has 0 aromatic heterocycles. The van der Waals surface area contributed by atoms with Gasteiger partial charge in [-0.05, 0) is 48.4 Å². The fourth-order valence-corrected chi connectivity index (χ4v) is 2.12. The van der Waals surface area contributed by atoms with Crippen molar-refractivity contribution in [1.82, 2.24) is 0 Å². The van der Waals surface area contributed by atoms with E-state index in [0.717, 1.165) is 12.1 Å². The highest BCUT2D eigenvalue weighted by atomic mass is 19.1. The summed E-state index contributed by atoms with van der Waals surface area (Å²) in [6, 6.07) is 3.42. The standard InChI is InChI=1S/C14H18F2O2/c1-9(2)11(4-3-5-14(17)18)12-8-10(15)6-7-13(12)16/h6-9,11H,3-5H2,1-2H3,(H,17,18). The van der Waals surface area contributed by atoms with E-state index in [9.17, 15) is 13.6 Å². The van der Waals surface area contributed by atoms with Gasteiger partial charge in [0.05, 0.1) is 0 Å². The van der Waals surface area contributed by atoms with Crippen LogP contribution in [0.3, 0.4) is 0 Å². The molecule has 0 saturated carbocycles. The van der Waals surface area contributed by atoms with Crippen molar-refractivity contribution in [2.45, 2.75) is 39.0 Å². The summed E-state index contributed by atoms with van der Waals surface area (Å²) in [7, 11) is 0. The molecule has 0 aliphatic rings. The molecule has 1 rings (SSSR count). The third-order valence-electron chi connectivity index (χ3n) is 3.07. The highest BCUT2D eigenvalue weighted by Gasteiger charge is 2.20. The van der Waals surface area contributed by atoms with E-state index in [1.54, 1.807) is 0 Å². The molecule has 2 nitrogen and oxygen atoms in total. The average molecular weight is 256 g/mol. The van der Waals surface area contributed by atoms with Crippen LogP contribution in [0.2, 0.25) is 0 Å². The highest BCUT2D eigenvalue weighted by molar-refractivity contribution is 5.66. The fraction of sp³-hybridized carbons (Fsp3) is 0.500. The predicted octanol–water partition coefficient (Wildman–Crippen LogP) is 3.96. The molecule has 0 spiro atoms. The molecule has 1 N–H and O–H groups in total. The van der Waals surface area contributed by atoms with Gasteiger partial charge >= 0.3 is 5.97 Å². The summed E-state index contributed by atoms with van der Waals surface area (Å²) < 4.78 is 26.8.